The first-order valence-corrected chi connectivity index (χ1v) is 12.3. The summed E-state index contributed by atoms with van der Waals surface area (Å²) in [5.74, 6) is -0.442. The van der Waals surface area contributed by atoms with Crippen LogP contribution in [0.1, 0.15) is 17.0 Å². The number of aromatic nitrogens is 2. The van der Waals surface area contributed by atoms with Crippen molar-refractivity contribution in [2.24, 2.45) is 0 Å². The zero-order valence-corrected chi connectivity index (χ0v) is 19.7. The standard InChI is InChI=1S/C25H23FN4O4S/c1-17-29-23-11-3-2-10-22(23)25(32)30(17)16-24(31)27-14-19-7-5-9-21(13-19)35(33,34)28-15-18-6-4-8-20(26)12-18/h2-13,28H,14-16H2,1H3,(H,27,31). The molecule has 0 aliphatic carbocycles. The molecule has 0 fully saturated rings. The van der Waals surface area contributed by atoms with Gasteiger partial charge < -0.3 is 5.32 Å². The van der Waals surface area contributed by atoms with Crippen LogP contribution in [0.3, 0.4) is 0 Å². The van der Waals surface area contributed by atoms with Crippen molar-refractivity contribution in [2.75, 3.05) is 0 Å². The number of nitrogens with zero attached hydrogens (tertiary/aromatic N) is 2. The van der Waals surface area contributed by atoms with Crippen molar-refractivity contribution in [1.82, 2.24) is 19.6 Å². The van der Waals surface area contributed by atoms with Gasteiger partial charge in [-0.1, -0.05) is 36.4 Å². The third kappa shape index (κ3) is 5.79. The number of amides is 1. The Morgan fingerprint density at radius 3 is 2.46 bits per heavy atom. The minimum Gasteiger partial charge on any atom is -0.350 e. The molecule has 10 heteroatoms. The van der Waals surface area contributed by atoms with E-state index in [0.29, 0.717) is 27.9 Å². The molecule has 2 N–H and O–H groups in total. The van der Waals surface area contributed by atoms with Gasteiger partial charge in [0.2, 0.25) is 15.9 Å². The Hall–Kier alpha value is -3.89. The lowest BCUT2D eigenvalue weighted by Crippen LogP contribution is -2.33. The molecule has 0 atom stereocenters. The number of fused-ring (bicyclic) bond motifs is 1. The molecule has 4 aromatic rings. The second-order valence-electron chi connectivity index (χ2n) is 7.95. The van der Waals surface area contributed by atoms with Crippen molar-refractivity contribution >= 4 is 26.8 Å². The highest BCUT2D eigenvalue weighted by atomic mass is 32.2. The maximum Gasteiger partial charge on any atom is 0.261 e. The Balaban J connectivity index is 1.41. The second-order valence-corrected chi connectivity index (χ2v) is 9.71. The van der Waals surface area contributed by atoms with Gasteiger partial charge in [0.05, 0.1) is 15.8 Å². The van der Waals surface area contributed by atoms with E-state index in [9.17, 15) is 22.4 Å². The Morgan fingerprint density at radius 1 is 0.971 bits per heavy atom. The van der Waals surface area contributed by atoms with Crippen LogP contribution in [0, 0.1) is 12.7 Å². The van der Waals surface area contributed by atoms with Crippen LogP contribution in [0.25, 0.3) is 10.9 Å². The van der Waals surface area contributed by atoms with Crippen molar-refractivity contribution in [2.45, 2.75) is 31.5 Å². The van der Waals surface area contributed by atoms with E-state index in [1.807, 2.05) is 0 Å². The zero-order valence-electron chi connectivity index (χ0n) is 18.9. The molecule has 0 aliphatic rings. The van der Waals surface area contributed by atoms with E-state index >= 15 is 0 Å². The van der Waals surface area contributed by atoms with Crippen LogP contribution in [-0.2, 0) is 34.5 Å². The Morgan fingerprint density at radius 2 is 1.69 bits per heavy atom. The maximum atomic E-state index is 13.3. The number of benzene rings is 3. The van der Waals surface area contributed by atoms with Gasteiger partial charge in [0.25, 0.3) is 5.56 Å². The fourth-order valence-corrected chi connectivity index (χ4v) is 4.68. The molecule has 0 bridgehead atoms. The van der Waals surface area contributed by atoms with Gasteiger partial charge in [-0.05, 0) is 54.4 Å². The van der Waals surface area contributed by atoms with Crippen molar-refractivity contribution in [1.29, 1.82) is 0 Å². The number of aryl methyl sites for hydroxylation is 1. The molecule has 0 spiro atoms. The minimum atomic E-state index is -3.85. The third-order valence-electron chi connectivity index (χ3n) is 5.41. The van der Waals surface area contributed by atoms with Crippen LogP contribution < -0.4 is 15.6 Å². The number of sulfonamides is 1. The number of para-hydroxylation sites is 1. The number of halogens is 1. The molecule has 0 aliphatic heterocycles. The molecule has 35 heavy (non-hydrogen) atoms. The molecule has 0 saturated heterocycles. The lowest BCUT2D eigenvalue weighted by molar-refractivity contribution is -0.121. The first-order valence-electron chi connectivity index (χ1n) is 10.8. The van der Waals surface area contributed by atoms with Crippen molar-refractivity contribution < 1.29 is 17.6 Å². The molecule has 8 nitrogen and oxygen atoms in total. The second kappa shape index (κ2) is 10.2. The van der Waals surface area contributed by atoms with Crippen molar-refractivity contribution in [3.8, 4) is 0 Å². The molecular formula is C25H23FN4O4S. The fourth-order valence-electron chi connectivity index (χ4n) is 3.60. The van der Waals surface area contributed by atoms with Gasteiger partial charge in [-0.3, -0.25) is 14.2 Å². The molecule has 1 aromatic heterocycles. The summed E-state index contributed by atoms with van der Waals surface area (Å²) in [5, 5.41) is 3.13. The summed E-state index contributed by atoms with van der Waals surface area (Å²) in [6.07, 6.45) is 0. The number of nitrogens with one attached hydrogen (secondary N) is 2. The summed E-state index contributed by atoms with van der Waals surface area (Å²) >= 11 is 0. The lowest BCUT2D eigenvalue weighted by Gasteiger charge is -2.12. The van der Waals surface area contributed by atoms with Gasteiger partial charge in [0, 0.05) is 13.1 Å². The van der Waals surface area contributed by atoms with E-state index in [1.165, 1.54) is 34.9 Å². The summed E-state index contributed by atoms with van der Waals surface area (Å²) in [6, 6.07) is 18.7. The largest absolute Gasteiger partial charge is 0.350 e. The molecule has 180 valence electrons. The van der Waals surface area contributed by atoms with Crippen LogP contribution >= 0.6 is 0 Å². The summed E-state index contributed by atoms with van der Waals surface area (Å²) in [7, 11) is -3.85. The Bertz CT molecular complexity index is 1570. The number of hydrogen-bond donors (Lipinski definition) is 2. The monoisotopic (exact) mass is 494 g/mol. The van der Waals surface area contributed by atoms with E-state index in [2.05, 4.69) is 15.0 Å². The number of carbonyl (C=O) groups excluding carboxylic acids is 1. The minimum absolute atomic E-state index is 0.0199. The molecule has 4 rings (SSSR count). The van der Waals surface area contributed by atoms with Crippen LogP contribution in [-0.4, -0.2) is 23.9 Å². The average molecular weight is 495 g/mol. The maximum absolute atomic E-state index is 13.3. The summed E-state index contributed by atoms with van der Waals surface area (Å²) in [4.78, 5) is 29.7. The van der Waals surface area contributed by atoms with Gasteiger partial charge in [-0.2, -0.15) is 0 Å². The van der Waals surface area contributed by atoms with Gasteiger partial charge in [-0.15, -0.1) is 0 Å². The molecule has 1 amide bonds. The molecule has 1 heterocycles. The molecule has 3 aromatic carbocycles. The SMILES string of the molecule is Cc1nc2ccccc2c(=O)n1CC(=O)NCc1cccc(S(=O)(=O)NCc2cccc(F)c2)c1. The van der Waals surface area contributed by atoms with E-state index in [0.717, 1.165) is 0 Å². The highest BCUT2D eigenvalue weighted by Gasteiger charge is 2.15. The van der Waals surface area contributed by atoms with Gasteiger partial charge in [-0.25, -0.2) is 22.5 Å². The number of carbonyl (C=O) groups is 1. The van der Waals surface area contributed by atoms with E-state index in [4.69, 9.17) is 0 Å². The lowest BCUT2D eigenvalue weighted by atomic mass is 10.2. The normalized spacial score (nSPS) is 11.5. The average Bonchev–Trinajstić information content (AvgIpc) is 2.84. The summed E-state index contributed by atoms with van der Waals surface area (Å²) in [5.41, 5.74) is 1.31. The van der Waals surface area contributed by atoms with Crippen LogP contribution in [0.5, 0.6) is 0 Å². The quantitative estimate of drug-likeness (QED) is 0.391. The molecular weight excluding hydrogens is 471 g/mol. The Labute approximate surface area is 201 Å². The van der Waals surface area contributed by atoms with E-state index < -0.39 is 21.7 Å². The first kappa shape index (κ1) is 24.2. The van der Waals surface area contributed by atoms with Crippen molar-refractivity contribution in [3.63, 3.8) is 0 Å². The Kier molecular flexibility index (Phi) is 7.04. The topological polar surface area (TPSA) is 110 Å². The van der Waals surface area contributed by atoms with Crippen LogP contribution in [0.2, 0.25) is 0 Å². The van der Waals surface area contributed by atoms with Gasteiger partial charge >= 0.3 is 0 Å². The zero-order chi connectivity index (χ0) is 25.0. The highest BCUT2D eigenvalue weighted by Crippen LogP contribution is 2.13. The predicted octanol–water partition coefficient (Wildman–Crippen LogP) is 2.64. The fraction of sp³-hybridized carbons (Fsp3) is 0.160. The summed E-state index contributed by atoms with van der Waals surface area (Å²) < 4.78 is 42.4. The van der Waals surface area contributed by atoms with Crippen molar-refractivity contribution in [3.05, 3.63) is 106 Å². The van der Waals surface area contributed by atoms with E-state index in [1.54, 1.807) is 49.4 Å². The highest BCUT2D eigenvalue weighted by molar-refractivity contribution is 7.89. The third-order valence-corrected chi connectivity index (χ3v) is 6.81. The predicted molar refractivity (Wildman–Crippen MR) is 129 cm³/mol. The summed E-state index contributed by atoms with van der Waals surface area (Å²) in [6.45, 7) is 1.46. The molecule has 0 saturated carbocycles. The van der Waals surface area contributed by atoms with Gasteiger partial charge in [0.15, 0.2) is 0 Å². The van der Waals surface area contributed by atoms with Crippen LogP contribution in [0.4, 0.5) is 4.39 Å². The van der Waals surface area contributed by atoms with Gasteiger partial charge in [0.1, 0.15) is 18.2 Å². The molecule has 0 unspecified atom stereocenters. The first-order chi connectivity index (χ1) is 16.7. The van der Waals surface area contributed by atoms with E-state index in [-0.39, 0.29) is 30.1 Å². The number of rotatable bonds is 8. The smallest absolute Gasteiger partial charge is 0.261 e. The number of hydrogen-bond acceptors (Lipinski definition) is 5. The van der Waals surface area contributed by atoms with Crippen LogP contribution in [0.15, 0.2) is 82.5 Å². The molecule has 0 radical (unpaired) electrons.